The zero-order chi connectivity index (χ0) is 16.3. The number of ether oxygens (including phenoxy) is 1. The maximum Gasteiger partial charge on any atom is 0.251 e. The Morgan fingerprint density at radius 2 is 2.14 bits per heavy atom. The van der Waals surface area contributed by atoms with Gasteiger partial charge in [0, 0.05) is 24.3 Å². The van der Waals surface area contributed by atoms with Gasteiger partial charge in [0.25, 0.3) is 5.91 Å². The zero-order valence-corrected chi connectivity index (χ0v) is 13.8. The molecular weight excluding hydrogens is 278 g/mol. The van der Waals surface area contributed by atoms with E-state index in [9.17, 15) is 4.79 Å². The van der Waals surface area contributed by atoms with Crippen molar-refractivity contribution >= 4 is 5.91 Å². The molecule has 1 heterocycles. The van der Waals surface area contributed by atoms with Crippen LogP contribution in [0.2, 0.25) is 0 Å². The summed E-state index contributed by atoms with van der Waals surface area (Å²) < 4.78 is 7.03. The van der Waals surface area contributed by atoms with Crippen LogP contribution in [0.15, 0.2) is 24.3 Å². The van der Waals surface area contributed by atoms with Crippen LogP contribution in [0.4, 0.5) is 0 Å². The molecule has 0 aliphatic carbocycles. The fraction of sp³-hybridized carbons (Fsp3) is 0.412. The summed E-state index contributed by atoms with van der Waals surface area (Å²) in [6, 6.07) is 7.18. The summed E-state index contributed by atoms with van der Waals surface area (Å²) >= 11 is 0. The van der Waals surface area contributed by atoms with Crippen LogP contribution in [0.3, 0.4) is 0 Å². The Bertz CT molecular complexity index is 677. The summed E-state index contributed by atoms with van der Waals surface area (Å²) in [7, 11) is 3.53. The monoisotopic (exact) mass is 301 g/mol. The number of carbonyl (C=O) groups is 1. The van der Waals surface area contributed by atoms with E-state index in [-0.39, 0.29) is 11.9 Å². The lowest BCUT2D eigenvalue weighted by atomic mass is 10.0. The van der Waals surface area contributed by atoms with Crippen molar-refractivity contribution in [2.24, 2.45) is 7.05 Å². The Morgan fingerprint density at radius 1 is 1.41 bits per heavy atom. The van der Waals surface area contributed by atoms with Gasteiger partial charge >= 0.3 is 0 Å². The van der Waals surface area contributed by atoms with E-state index in [1.165, 1.54) is 5.56 Å². The summed E-state index contributed by atoms with van der Waals surface area (Å²) in [6.45, 7) is 6.05. The van der Waals surface area contributed by atoms with Crippen LogP contribution in [-0.4, -0.2) is 28.8 Å². The van der Waals surface area contributed by atoms with Crippen molar-refractivity contribution in [3.05, 3.63) is 46.8 Å². The van der Waals surface area contributed by atoms with E-state index in [4.69, 9.17) is 4.74 Å². The van der Waals surface area contributed by atoms with Crippen LogP contribution in [0.5, 0.6) is 5.75 Å². The number of aryl methyl sites for hydroxylation is 2. The van der Waals surface area contributed by atoms with E-state index in [1.54, 1.807) is 19.2 Å². The third-order valence-electron chi connectivity index (χ3n) is 3.88. The van der Waals surface area contributed by atoms with Crippen LogP contribution < -0.4 is 10.1 Å². The van der Waals surface area contributed by atoms with Crippen LogP contribution in [0.25, 0.3) is 0 Å². The van der Waals surface area contributed by atoms with Gasteiger partial charge in [0.2, 0.25) is 0 Å². The first-order valence-corrected chi connectivity index (χ1v) is 7.36. The van der Waals surface area contributed by atoms with Gasteiger partial charge < -0.3 is 10.1 Å². The number of hydrogen-bond acceptors (Lipinski definition) is 3. The molecule has 0 aliphatic heterocycles. The Morgan fingerprint density at radius 3 is 2.73 bits per heavy atom. The maximum absolute atomic E-state index is 12.3. The first-order valence-electron chi connectivity index (χ1n) is 7.36. The predicted octanol–water partition coefficient (Wildman–Crippen LogP) is 2.41. The van der Waals surface area contributed by atoms with Crippen molar-refractivity contribution in [2.45, 2.75) is 33.2 Å². The smallest absolute Gasteiger partial charge is 0.251 e. The molecule has 118 valence electrons. The number of hydrogen-bond donors (Lipinski definition) is 1. The third kappa shape index (κ3) is 3.47. The van der Waals surface area contributed by atoms with Crippen molar-refractivity contribution in [2.75, 3.05) is 7.11 Å². The summed E-state index contributed by atoms with van der Waals surface area (Å²) in [5.41, 5.74) is 3.95. The van der Waals surface area contributed by atoms with Gasteiger partial charge in [-0.25, -0.2) is 0 Å². The average Bonchev–Trinajstić information content (AvgIpc) is 2.73. The molecule has 1 atom stereocenters. The van der Waals surface area contributed by atoms with Crippen molar-refractivity contribution < 1.29 is 9.53 Å². The molecule has 0 bridgehead atoms. The molecule has 1 amide bonds. The van der Waals surface area contributed by atoms with Gasteiger partial charge in [0.1, 0.15) is 5.75 Å². The Kier molecular flexibility index (Phi) is 4.85. The molecule has 0 spiro atoms. The molecule has 5 nitrogen and oxygen atoms in total. The summed E-state index contributed by atoms with van der Waals surface area (Å²) in [4.78, 5) is 12.3. The number of rotatable bonds is 5. The highest BCUT2D eigenvalue weighted by Crippen LogP contribution is 2.15. The Hall–Kier alpha value is -2.30. The van der Waals surface area contributed by atoms with Gasteiger partial charge in [-0.2, -0.15) is 5.10 Å². The molecule has 1 aromatic carbocycles. The first-order chi connectivity index (χ1) is 10.4. The van der Waals surface area contributed by atoms with E-state index < -0.39 is 0 Å². The lowest BCUT2D eigenvalue weighted by Gasteiger charge is -2.14. The molecule has 0 fully saturated rings. The van der Waals surface area contributed by atoms with Crippen LogP contribution >= 0.6 is 0 Å². The van der Waals surface area contributed by atoms with Crippen LogP contribution in [0, 0.1) is 13.8 Å². The molecule has 0 radical (unpaired) electrons. The predicted molar refractivity (Wildman–Crippen MR) is 86.3 cm³/mol. The largest absolute Gasteiger partial charge is 0.497 e. The minimum Gasteiger partial charge on any atom is -0.497 e. The normalized spacial score (nSPS) is 12.0. The number of nitrogens with zero attached hydrogens (tertiary/aromatic N) is 2. The quantitative estimate of drug-likeness (QED) is 0.922. The van der Waals surface area contributed by atoms with Gasteiger partial charge in [0.15, 0.2) is 0 Å². The topological polar surface area (TPSA) is 56.1 Å². The molecule has 1 aromatic heterocycles. The highest BCUT2D eigenvalue weighted by atomic mass is 16.5. The van der Waals surface area contributed by atoms with Gasteiger partial charge in [-0.3, -0.25) is 9.48 Å². The van der Waals surface area contributed by atoms with Gasteiger partial charge in [-0.1, -0.05) is 6.07 Å². The average molecular weight is 301 g/mol. The molecule has 2 aromatic rings. The molecule has 1 unspecified atom stereocenters. The van der Waals surface area contributed by atoms with Crippen molar-refractivity contribution in [3.63, 3.8) is 0 Å². The second kappa shape index (κ2) is 6.64. The highest BCUT2D eigenvalue weighted by Gasteiger charge is 2.15. The fourth-order valence-electron chi connectivity index (χ4n) is 2.54. The Balaban J connectivity index is 2.05. The Labute approximate surface area is 131 Å². The van der Waals surface area contributed by atoms with Crippen LogP contribution in [0.1, 0.15) is 34.2 Å². The number of aromatic nitrogens is 2. The van der Waals surface area contributed by atoms with E-state index in [1.807, 2.05) is 44.6 Å². The lowest BCUT2D eigenvalue weighted by Crippen LogP contribution is -2.34. The molecule has 2 rings (SSSR count). The van der Waals surface area contributed by atoms with Gasteiger partial charge in [-0.15, -0.1) is 0 Å². The summed E-state index contributed by atoms with van der Waals surface area (Å²) in [6.07, 6.45) is 0.765. The van der Waals surface area contributed by atoms with E-state index in [2.05, 4.69) is 10.4 Å². The minimum atomic E-state index is -0.0920. The van der Waals surface area contributed by atoms with E-state index in [0.717, 1.165) is 17.8 Å². The van der Waals surface area contributed by atoms with E-state index >= 15 is 0 Å². The second-order valence-corrected chi connectivity index (χ2v) is 5.58. The SMILES string of the molecule is COc1cccc(C(=O)NC(C)Cc2c(C)nn(C)c2C)c1. The van der Waals surface area contributed by atoms with Crippen molar-refractivity contribution in [3.8, 4) is 5.75 Å². The van der Waals surface area contributed by atoms with E-state index in [0.29, 0.717) is 11.3 Å². The van der Waals surface area contributed by atoms with Crippen molar-refractivity contribution in [1.82, 2.24) is 15.1 Å². The summed E-state index contributed by atoms with van der Waals surface area (Å²) in [5.74, 6) is 0.588. The number of benzene rings is 1. The second-order valence-electron chi connectivity index (χ2n) is 5.58. The fourth-order valence-corrected chi connectivity index (χ4v) is 2.54. The number of nitrogens with one attached hydrogen (secondary N) is 1. The lowest BCUT2D eigenvalue weighted by molar-refractivity contribution is 0.0939. The van der Waals surface area contributed by atoms with Crippen molar-refractivity contribution in [1.29, 1.82) is 0 Å². The standard InChI is InChI=1S/C17H23N3O2/c1-11(9-16-12(2)19-20(4)13(16)3)18-17(21)14-7-6-8-15(10-14)22-5/h6-8,10-11H,9H2,1-5H3,(H,18,21). The zero-order valence-electron chi connectivity index (χ0n) is 13.8. The molecular formula is C17H23N3O2. The number of methoxy groups -OCH3 is 1. The highest BCUT2D eigenvalue weighted by molar-refractivity contribution is 5.94. The molecule has 5 heteroatoms. The van der Waals surface area contributed by atoms with Crippen LogP contribution in [-0.2, 0) is 13.5 Å². The molecule has 0 aliphatic rings. The number of amides is 1. The summed E-state index contributed by atoms with van der Waals surface area (Å²) in [5, 5.41) is 7.44. The molecule has 0 saturated heterocycles. The molecule has 22 heavy (non-hydrogen) atoms. The molecule has 1 N–H and O–H groups in total. The third-order valence-corrected chi connectivity index (χ3v) is 3.88. The maximum atomic E-state index is 12.3. The number of carbonyl (C=O) groups excluding carboxylic acids is 1. The van der Waals surface area contributed by atoms with Gasteiger partial charge in [-0.05, 0) is 51.0 Å². The first kappa shape index (κ1) is 16.1. The van der Waals surface area contributed by atoms with Gasteiger partial charge in [0.05, 0.1) is 12.8 Å². The molecule has 0 saturated carbocycles. The minimum absolute atomic E-state index is 0.0281.